The van der Waals surface area contributed by atoms with E-state index >= 15 is 0 Å². The number of likely N-dealkylation sites (N-methyl/N-ethyl adjacent to an activating group) is 1. The molecule has 0 N–H and O–H groups in total. The van der Waals surface area contributed by atoms with Crippen molar-refractivity contribution in [3.05, 3.63) is 29.8 Å². The monoisotopic (exact) mass is 293 g/mol. The predicted molar refractivity (Wildman–Crippen MR) is 84.4 cm³/mol. The molecule has 1 aliphatic heterocycles. The van der Waals surface area contributed by atoms with Gasteiger partial charge in [0.2, 0.25) is 0 Å². The van der Waals surface area contributed by atoms with Crippen molar-refractivity contribution in [2.24, 2.45) is 0 Å². The van der Waals surface area contributed by atoms with Crippen molar-refractivity contribution in [3.63, 3.8) is 0 Å². The Labute approximate surface area is 125 Å². The number of amides is 1. The molecule has 1 atom stereocenters. The van der Waals surface area contributed by atoms with Crippen LogP contribution in [0.15, 0.2) is 24.3 Å². The predicted octanol–water partition coefficient (Wildman–Crippen LogP) is 3.12. The molecule has 0 aromatic heterocycles. The first kappa shape index (κ1) is 15.2. The highest BCUT2D eigenvalue weighted by Gasteiger charge is 2.21. The Bertz CT molecular complexity index is 444. The molecule has 0 aliphatic carbocycles. The summed E-state index contributed by atoms with van der Waals surface area (Å²) in [6.07, 6.45) is 2.51. The fourth-order valence-corrected chi connectivity index (χ4v) is 3.67. The molecule has 0 radical (unpaired) electrons. The molecule has 1 fully saturated rings. The molecule has 0 spiro atoms. The number of rotatable bonds is 6. The SMILES string of the molecule is CCN(CC1CCCS1)C(=O)COc1cccc(C)c1. The zero-order chi connectivity index (χ0) is 14.4. The van der Waals surface area contributed by atoms with Gasteiger partial charge in [-0.25, -0.2) is 0 Å². The number of ether oxygens (including phenoxy) is 1. The first-order valence-corrected chi connectivity index (χ1v) is 8.32. The normalized spacial score (nSPS) is 18.0. The van der Waals surface area contributed by atoms with Gasteiger partial charge in [0.05, 0.1) is 0 Å². The fourth-order valence-electron chi connectivity index (χ4n) is 2.38. The Kier molecular flexibility index (Phi) is 5.77. The number of carbonyl (C=O) groups is 1. The fraction of sp³-hybridized carbons (Fsp3) is 0.562. The van der Waals surface area contributed by atoms with Crippen molar-refractivity contribution in [3.8, 4) is 5.75 Å². The molecule has 0 saturated carbocycles. The van der Waals surface area contributed by atoms with E-state index in [0.29, 0.717) is 5.25 Å². The van der Waals surface area contributed by atoms with Gasteiger partial charge in [-0.05, 0) is 50.1 Å². The summed E-state index contributed by atoms with van der Waals surface area (Å²) in [5.41, 5.74) is 1.14. The van der Waals surface area contributed by atoms with Gasteiger partial charge in [0, 0.05) is 18.3 Å². The molecule has 1 unspecified atom stereocenters. The van der Waals surface area contributed by atoms with Gasteiger partial charge < -0.3 is 9.64 Å². The topological polar surface area (TPSA) is 29.5 Å². The molecule has 1 amide bonds. The lowest BCUT2D eigenvalue weighted by Gasteiger charge is -2.24. The first-order chi connectivity index (χ1) is 9.69. The third-order valence-corrected chi connectivity index (χ3v) is 4.91. The number of benzene rings is 1. The zero-order valence-electron chi connectivity index (χ0n) is 12.3. The van der Waals surface area contributed by atoms with Crippen LogP contribution in [0.5, 0.6) is 5.75 Å². The summed E-state index contributed by atoms with van der Waals surface area (Å²) in [5, 5.41) is 0.609. The van der Waals surface area contributed by atoms with Gasteiger partial charge in [-0.3, -0.25) is 4.79 Å². The van der Waals surface area contributed by atoms with Crippen LogP contribution in [-0.2, 0) is 4.79 Å². The van der Waals surface area contributed by atoms with E-state index in [0.717, 1.165) is 24.4 Å². The average Bonchev–Trinajstić information content (AvgIpc) is 2.95. The van der Waals surface area contributed by atoms with Gasteiger partial charge in [0.15, 0.2) is 6.61 Å². The second kappa shape index (κ2) is 7.58. The molecule has 3 nitrogen and oxygen atoms in total. The molecule has 1 saturated heterocycles. The third-order valence-electron chi connectivity index (χ3n) is 3.53. The first-order valence-electron chi connectivity index (χ1n) is 7.28. The molecule has 1 aliphatic rings. The van der Waals surface area contributed by atoms with Gasteiger partial charge >= 0.3 is 0 Å². The van der Waals surface area contributed by atoms with Crippen LogP contribution in [0.2, 0.25) is 0 Å². The Balaban J connectivity index is 1.82. The summed E-state index contributed by atoms with van der Waals surface area (Å²) in [5.74, 6) is 2.09. The summed E-state index contributed by atoms with van der Waals surface area (Å²) in [6, 6.07) is 7.81. The zero-order valence-corrected chi connectivity index (χ0v) is 13.1. The molecule has 2 rings (SSSR count). The molecule has 110 valence electrons. The standard InChI is InChI=1S/C16H23NO2S/c1-3-17(11-15-8-5-9-20-15)16(18)12-19-14-7-4-6-13(2)10-14/h4,6-7,10,15H,3,5,8-9,11-12H2,1-2H3. The Morgan fingerprint density at radius 3 is 3.00 bits per heavy atom. The van der Waals surface area contributed by atoms with E-state index in [9.17, 15) is 4.79 Å². The van der Waals surface area contributed by atoms with E-state index in [-0.39, 0.29) is 12.5 Å². The number of hydrogen-bond acceptors (Lipinski definition) is 3. The molecular weight excluding hydrogens is 270 g/mol. The van der Waals surface area contributed by atoms with Crippen LogP contribution >= 0.6 is 11.8 Å². The van der Waals surface area contributed by atoms with E-state index in [1.165, 1.54) is 18.6 Å². The largest absolute Gasteiger partial charge is 0.484 e. The van der Waals surface area contributed by atoms with Crippen molar-refractivity contribution in [2.75, 3.05) is 25.4 Å². The summed E-state index contributed by atoms with van der Waals surface area (Å²) >= 11 is 1.99. The van der Waals surface area contributed by atoms with Crippen LogP contribution in [-0.4, -0.2) is 41.5 Å². The van der Waals surface area contributed by atoms with E-state index in [1.54, 1.807) is 0 Å². The summed E-state index contributed by atoms with van der Waals surface area (Å²) in [4.78, 5) is 14.1. The van der Waals surface area contributed by atoms with Crippen LogP contribution in [0.1, 0.15) is 25.3 Å². The van der Waals surface area contributed by atoms with E-state index in [1.807, 2.05) is 54.8 Å². The molecule has 1 aromatic carbocycles. The second-order valence-corrected chi connectivity index (χ2v) is 6.58. The molecule has 0 bridgehead atoms. The van der Waals surface area contributed by atoms with Gasteiger partial charge in [-0.1, -0.05) is 12.1 Å². The van der Waals surface area contributed by atoms with E-state index < -0.39 is 0 Å². The van der Waals surface area contributed by atoms with Gasteiger partial charge in [-0.15, -0.1) is 0 Å². The molecular formula is C16H23NO2S. The van der Waals surface area contributed by atoms with Crippen molar-refractivity contribution < 1.29 is 9.53 Å². The lowest BCUT2D eigenvalue weighted by molar-refractivity contribution is -0.133. The third kappa shape index (κ3) is 4.44. The number of carbonyl (C=O) groups excluding carboxylic acids is 1. The quantitative estimate of drug-likeness (QED) is 0.807. The number of hydrogen-bond donors (Lipinski definition) is 0. The highest BCUT2D eigenvalue weighted by molar-refractivity contribution is 8.00. The maximum absolute atomic E-state index is 12.2. The smallest absolute Gasteiger partial charge is 0.260 e. The number of aryl methyl sites for hydroxylation is 1. The molecule has 1 heterocycles. The van der Waals surface area contributed by atoms with Crippen molar-refractivity contribution >= 4 is 17.7 Å². The highest BCUT2D eigenvalue weighted by atomic mass is 32.2. The minimum Gasteiger partial charge on any atom is -0.484 e. The van der Waals surface area contributed by atoms with Gasteiger partial charge in [0.1, 0.15) is 5.75 Å². The van der Waals surface area contributed by atoms with Crippen LogP contribution in [0.4, 0.5) is 0 Å². The Morgan fingerprint density at radius 2 is 2.35 bits per heavy atom. The van der Waals surface area contributed by atoms with Crippen molar-refractivity contribution in [1.29, 1.82) is 0 Å². The summed E-state index contributed by atoms with van der Waals surface area (Å²) in [6.45, 7) is 5.80. The maximum Gasteiger partial charge on any atom is 0.260 e. The number of thioether (sulfide) groups is 1. The number of nitrogens with zero attached hydrogens (tertiary/aromatic N) is 1. The molecule has 20 heavy (non-hydrogen) atoms. The summed E-state index contributed by atoms with van der Waals surface area (Å²) in [7, 11) is 0. The Hall–Kier alpha value is -1.16. The van der Waals surface area contributed by atoms with Crippen molar-refractivity contribution in [1.82, 2.24) is 4.90 Å². The highest BCUT2D eigenvalue weighted by Crippen LogP contribution is 2.26. The van der Waals surface area contributed by atoms with Crippen LogP contribution in [0, 0.1) is 6.92 Å². The van der Waals surface area contributed by atoms with Gasteiger partial charge in [-0.2, -0.15) is 11.8 Å². The minimum atomic E-state index is 0.0847. The average molecular weight is 293 g/mol. The van der Waals surface area contributed by atoms with Crippen LogP contribution < -0.4 is 4.74 Å². The van der Waals surface area contributed by atoms with E-state index in [4.69, 9.17) is 4.74 Å². The van der Waals surface area contributed by atoms with Gasteiger partial charge in [0.25, 0.3) is 5.91 Å². The Morgan fingerprint density at radius 1 is 1.50 bits per heavy atom. The molecule has 4 heteroatoms. The maximum atomic E-state index is 12.2. The minimum absolute atomic E-state index is 0.0847. The van der Waals surface area contributed by atoms with Crippen LogP contribution in [0.25, 0.3) is 0 Å². The summed E-state index contributed by atoms with van der Waals surface area (Å²) < 4.78 is 5.60. The van der Waals surface area contributed by atoms with Crippen LogP contribution in [0.3, 0.4) is 0 Å². The van der Waals surface area contributed by atoms with Crippen molar-refractivity contribution in [2.45, 2.75) is 31.9 Å². The van der Waals surface area contributed by atoms with E-state index in [2.05, 4.69) is 0 Å². The second-order valence-electron chi connectivity index (χ2n) is 5.17. The lowest BCUT2D eigenvalue weighted by Crippen LogP contribution is -2.38. The lowest BCUT2D eigenvalue weighted by atomic mass is 10.2. The molecule has 1 aromatic rings.